The Bertz CT molecular complexity index is 1180. The first-order valence-corrected chi connectivity index (χ1v) is 12.1. The van der Waals surface area contributed by atoms with Crippen LogP contribution < -0.4 is 4.74 Å². The molecule has 1 saturated carbocycles. The quantitative estimate of drug-likeness (QED) is 0.559. The van der Waals surface area contributed by atoms with Gasteiger partial charge in [-0.2, -0.15) is 0 Å². The van der Waals surface area contributed by atoms with Gasteiger partial charge in [0, 0.05) is 45.5 Å². The number of amides is 1. The number of hydrogen-bond donors (Lipinski definition) is 1. The predicted molar refractivity (Wildman–Crippen MR) is 125 cm³/mol. The summed E-state index contributed by atoms with van der Waals surface area (Å²) in [4.78, 5) is 18.8. The summed E-state index contributed by atoms with van der Waals surface area (Å²) in [6, 6.07) is 15.0. The summed E-state index contributed by atoms with van der Waals surface area (Å²) in [6.45, 7) is 1.70. The van der Waals surface area contributed by atoms with Crippen molar-refractivity contribution in [2.24, 2.45) is 11.8 Å². The van der Waals surface area contributed by atoms with Gasteiger partial charge in [0.2, 0.25) is 5.91 Å². The van der Waals surface area contributed by atoms with E-state index in [1.54, 1.807) is 7.11 Å². The highest BCUT2D eigenvalue weighted by atomic mass is 79.9. The second kappa shape index (κ2) is 7.13. The fraction of sp³-hybridized carbons (Fsp3) is 0.423. The Labute approximate surface area is 191 Å². The lowest BCUT2D eigenvalue weighted by Gasteiger charge is -2.51. The van der Waals surface area contributed by atoms with Crippen LogP contribution in [0.1, 0.15) is 36.1 Å². The first-order valence-electron chi connectivity index (χ1n) is 11.3. The van der Waals surface area contributed by atoms with E-state index in [1.807, 2.05) is 6.07 Å². The number of fused-ring (bicyclic) bond motifs is 4. The van der Waals surface area contributed by atoms with E-state index in [0.717, 1.165) is 55.4 Å². The highest BCUT2D eigenvalue weighted by Gasteiger charge is 2.50. The summed E-state index contributed by atoms with van der Waals surface area (Å²) in [5.41, 5.74) is 5.34. The third-order valence-electron chi connectivity index (χ3n) is 7.84. The van der Waals surface area contributed by atoms with Crippen molar-refractivity contribution >= 4 is 32.7 Å². The second-order valence-corrected chi connectivity index (χ2v) is 10.4. The van der Waals surface area contributed by atoms with E-state index in [2.05, 4.69) is 62.2 Å². The molecule has 5 heteroatoms. The van der Waals surface area contributed by atoms with Gasteiger partial charge >= 0.3 is 0 Å². The minimum absolute atomic E-state index is 0.0230. The van der Waals surface area contributed by atoms with Crippen LogP contribution >= 0.6 is 15.9 Å². The Morgan fingerprint density at radius 2 is 2.06 bits per heavy atom. The Hall–Kier alpha value is -2.27. The molecule has 4 nitrogen and oxygen atoms in total. The molecule has 2 atom stereocenters. The first kappa shape index (κ1) is 19.4. The van der Waals surface area contributed by atoms with Gasteiger partial charge in [-0.3, -0.25) is 4.79 Å². The fourth-order valence-corrected chi connectivity index (χ4v) is 6.63. The third-order valence-corrected chi connectivity index (χ3v) is 8.50. The Morgan fingerprint density at radius 3 is 2.87 bits per heavy atom. The van der Waals surface area contributed by atoms with E-state index in [0.29, 0.717) is 11.8 Å². The monoisotopic (exact) mass is 478 g/mol. The largest absolute Gasteiger partial charge is 0.497 e. The average Bonchev–Trinajstić information content (AvgIpc) is 3.58. The van der Waals surface area contributed by atoms with Crippen LogP contribution in [0.15, 0.2) is 46.9 Å². The van der Waals surface area contributed by atoms with Gasteiger partial charge in [0.1, 0.15) is 5.75 Å². The number of nitrogens with one attached hydrogen (secondary N) is 1. The SMILES string of the molecule is COc1cccc([C@]23CCN(C(=O)C4CC4)CC2Cc2c([nH]c4cccc(Br)c24)C3)c1. The number of aromatic amines is 1. The number of methoxy groups -OCH3 is 1. The van der Waals surface area contributed by atoms with Crippen molar-refractivity contribution < 1.29 is 9.53 Å². The van der Waals surface area contributed by atoms with Gasteiger partial charge in [-0.1, -0.05) is 34.1 Å². The van der Waals surface area contributed by atoms with Crippen LogP contribution in [0.5, 0.6) is 5.75 Å². The minimum atomic E-state index is 0.0230. The maximum atomic E-state index is 12.9. The molecule has 2 heterocycles. The van der Waals surface area contributed by atoms with Crippen molar-refractivity contribution in [3.63, 3.8) is 0 Å². The molecule has 1 unspecified atom stereocenters. The van der Waals surface area contributed by atoms with Crippen LogP contribution in [-0.2, 0) is 23.1 Å². The van der Waals surface area contributed by atoms with Crippen LogP contribution in [0.3, 0.4) is 0 Å². The number of carbonyl (C=O) groups excluding carboxylic acids is 1. The zero-order valence-corrected chi connectivity index (χ0v) is 19.4. The molecule has 2 fully saturated rings. The van der Waals surface area contributed by atoms with Gasteiger partial charge in [-0.25, -0.2) is 0 Å². The highest BCUT2D eigenvalue weighted by molar-refractivity contribution is 9.10. The standard InChI is InChI=1S/C26H27BrN2O2/c1-31-19-5-2-4-17(12-19)26-10-11-29(25(30)16-8-9-16)15-18(26)13-20-23(14-26)28-22-7-3-6-21(27)24(20)22/h2-7,12,16,18,28H,8-11,13-15H2,1H3/t18?,26-/m1/s1. The average molecular weight is 479 g/mol. The number of aromatic nitrogens is 1. The lowest BCUT2D eigenvalue weighted by Crippen LogP contribution is -2.55. The van der Waals surface area contributed by atoms with E-state index in [-0.39, 0.29) is 11.3 Å². The van der Waals surface area contributed by atoms with E-state index >= 15 is 0 Å². The number of H-pyrrole nitrogens is 1. The molecule has 3 aromatic rings. The molecule has 0 bridgehead atoms. The van der Waals surface area contributed by atoms with E-state index in [1.165, 1.54) is 27.7 Å². The highest BCUT2D eigenvalue weighted by Crippen LogP contribution is 2.50. The van der Waals surface area contributed by atoms with Gasteiger partial charge in [-0.15, -0.1) is 0 Å². The maximum absolute atomic E-state index is 12.9. The number of rotatable bonds is 3. The third kappa shape index (κ3) is 3.04. The molecule has 6 rings (SSSR count). The van der Waals surface area contributed by atoms with E-state index < -0.39 is 0 Å². The van der Waals surface area contributed by atoms with Crippen LogP contribution in [0, 0.1) is 11.8 Å². The van der Waals surface area contributed by atoms with Crippen LogP contribution in [-0.4, -0.2) is 36.0 Å². The van der Waals surface area contributed by atoms with Crippen LogP contribution in [0.2, 0.25) is 0 Å². The molecule has 2 aromatic carbocycles. The summed E-state index contributed by atoms with van der Waals surface area (Å²) < 4.78 is 6.73. The van der Waals surface area contributed by atoms with E-state index in [4.69, 9.17) is 4.74 Å². The molecule has 3 aliphatic rings. The van der Waals surface area contributed by atoms with Gasteiger partial charge in [-0.05, 0) is 73.4 Å². The van der Waals surface area contributed by atoms with Gasteiger partial charge in [0.05, 0.1) is 7.11 Å². The summed E-state index contributed by atoms with van der Waals surface area (Å²) >= 11 is 3.78. The summed E-state index contributed by atoms with van der Waals surface area (Å²) in [5, 5.41) is 1.31. The topological polar surface area (TPSA) is 45.3 Å². The number of nitrogens with zero attached hydrogens (tertiary/aromatic N) is 1. The molecular weight excluding hydrogens is 452 g/mol. The van der Waals surface area contributed by atoms with Crippen molar-refractivity contribution in [1.82, 2.24) is 9.88 Å². The smallest absolute Gasteiger partial charge is 0.225 e. The molecule has 1 aromatic heterocycles. The molecule has 0 spiro atoms. The number of piperidine rings is 1. The van der Waals surface area contributed by atoms with Gasteiger partial charge < -0.3 is 14.6 Å². The molecular formula is C26H27BrN2O2. The van der Waals surface area contributed by atoms with Gasteiger partial charge in [0.25, 0.3) is 0 Å². The number of likely N-dealkylation sites (tertiary alicyclic amines) is 1. The summed E-state index contributed by atoms with van der Waals surface area (Å²) in [6.07, 6.45) is 5.11. The second-order valence-electron chi connectivity index (χ2n) is 9.52. The number of ether oxygens (including phenoxy) is 1. The van der Waals surface area contributed by atoms with Crippen molar-refractivity contribution in [3.8, 4) is 5.75 Å². The number of carbonyl (C=O) groups is 1. The zero-order valence-electron chi connectivity index (χ0n) is 17.8. The van der Waals surface area contributed by atoms with Crippen molar-refractivity contribution in [3.05, 3.63) is 63.8 Å². The molecule has 31 heavy (non-hydrogen) atoms. The first-order chi connectivity index (χ1) is 15.1. The molecule has 1 saturated heterocycles. The van der Waals surface area contributed by atoms with Crippen molar-refractivity contribution in [1.29, 1.82) is 0 Å². The maximum Gasteiger partial charge on any atom is 0.225 e. The Balaban J connectivity index is 1.47. The Morgan fingerprint density at radius 1 is 1.23 bits per heavy atom. The molecule has 160 valence electrons. The lowest BCUT2D eigenvalue weighted by atomic mass is 9.58. The molecule has 1 aliphatic heterocycles. The Kier molecular flexibility index (Phi) is 4.46. The fourth-order valence-electron chi connectivity index (χ4n) is 6.03. The molecule has 2 aliphatic carbocycles. The van der Waals surface area contributed by atoms with Crippen molar-refractivity contribution in [2.45, 2.75) is 37.5 Å². The minimum Gasteiger partial charge on any atom is -0.497 e. The summed E-state index contributed by atoms with van der Waals surface area (Å²) in [7, 11) is 1.74. The van der Waals surface area contributed by atoms with Crippen molar-refractivity contribution in [2.75, 3.05) is 20.2 Å². The predicted octanol–water partition coefficient (Wildman–Crippen LogP) is 5.23. The molecule has 1 amide bonds. The normalized spacial score (nSPS) is 25.2. The zero-order chi connectivity index (χ0) is 21.2. The van der Waals surface area contributed by atoms with E-state index in [9.17, 15) is 4.79 Å². The number of halogens is 1. The molecule has 0 radical (unpaired) electrons. The van der Waals surface area contributed by atoms with Crippen LogP contribution in [0.25, 0.3) is 10.9 Å². The van der Waals surface area contributed by atoms with Gasteiger partial charge in [0.15, 0.2) is 0 Å². The number of benzene rings is 2. The number of hydrogen-bond acceptors (Lipinski definition) is 2. The van der Waals surface area contributed by atoms with Crippen LogP contribution in [0.4, 0.5) is 0 Å². The lowest BCUT2D eigenvalue weighted by molar-refractivity contribution is -0.135. The summed E-state index contributed by atoms with van der Waals surface area (Å²) in [5.74, 6) is 1.97. The molecule has 1 N–H and O–H groups in total.